The minimum absolute atomic E-state index is 1.11. The van der Waals surface area contributed by atoms with Crippen molar-refractivity contribution >= 4 is 38.2 Å². The molecule has 0 N–H and O–H groups in total. The smallest absolute Gasteiger partial charge is 0.0969 e. The van der Waals surface area contributed by atoms with Crippen LogP contribution in [0.1, 0.15) is 5.56 Å². The second kappa shape index (κ2) is 3.28. The van der Waals surface area contributed by atoms with Crippen LogP contribution in [0.5, 0.6) is 0 Å². The normalized spacial score (nSPS) is 12.2. The van der Waals surface area contributed by atoms with Crippen LogP contribution < -0.4 is 0 Å². The summed E-state index contributed by atoms with van der Waals surface area (Å²) < 4.78 is 2.36. The Balaban J connectivity index is 2.28. The molecule has 0 unspecified atom stereocenters. The summed E-state index contributed by atoms with van der Waals surface area (Å²) in [5.74, 6) is 0. The molecule has 0 radical (unpaired) electrons. The first-order valence-corrected chi connectivity index (χ1v) is 6.84. The van der Waals surface area contributed by atoms with E-state index in [4.69, 9.17) is 0 Å². The first kappa shape index (κ1) is 10.2. The Labute approximate surface area is 115 Å². The fourth-order valence-corrected chi connectivity index (χ4v) is 3.39. The van der Waals surface area contributed by atoms with Crippen molar-refractivity contribution in [1.29, 1.82) is 0 Å². The van der Waals surface area contributed by atoms with E-state index in [1.165, 1.54) is 38.3 Å². The van der Waals surface area contributed by atoms with Crippen molar-refractivity contribution in [2.75, 3.05) is 0 Å². The highest BCUT2D eigenvalue weighted by atomic mass is 14.9. The quantitative estimate of drug-likeness (QED) is 0.397. The predicted octanol–water partition coefficient (Wildman–Crippen LogP) is 4.54. The lowest BCUT2D eigenvalue weighted by Gasteiger charge is -1.98. The van der Waals surface area contributed by atoms with E-state index in [1.54, 1.807) is 0 Å². The van der Waals surface area contributed by atoms with Gasteiger partial charge in [-0.3, -0.25) is 4.98 Å². The van der Waals surface area contributed by atoms with Gasteiger partial charge in [0.1, 0.15) is 0 Å². The summed E-state index contributed by atoms with van der Waals surface area (Å²) >= 11 is 0. The molecule has 5 rings (SSSR count). The highest BCUT2D eigenvalue weighted by molar-refractivity contribution is 6.21. The molecule has 2 heteroatoms. The lowest BCUT2D eigenvalue weighted by atomic mass is 10.1. The molecule has 0 bridgehead atoms. The van der Waals surface area contributed by atoms with Gasteiger partial charge in [0.15, 0.2) is 0 Å². The van der Waals surface area contributed by atoms with Crippen molar-refractivity contribution in [3.8, 4) is 0 Å². The standard InChI is InChI=1S/C18H12N2/c1-11-6-7-14-16(10-11)20-15-5-3-2-4-12(15)13-8-9-19-17(14)18(13)20/h2-10H,1H3. The van der Waals surface area contributed by atoms with Crippen molar-refractivity contribution < 1.29 is 0 Å². The number of aromatic nitrogens is 2. The average molecular weight is 256 g/mol. The van der Waals surface area contributed by atoms with Crippen LogP contribution in [0, 0.1) is 6.92 Å². The van der Waals surface area contributed by atoms with Crippen molar-refractivity contribution in [1.82, 2.24) is 9.38 Å². The zero-order chi connectivity index (χ0) is 13.3. The molecular formula is C18H12N2. The van der Waals surface area contributed by atoms with Gasteiger partial charge in [0.2, 0.25) is 0 Å². The van der Waals surface area contributed by atoms with Crippen LogP contribution >= 0.6 is 0 Å². The van der Waals surface area contributed by atoms with Crippen LogP contribution in [0.2, 0.25) is 0 Å². The number of hydrogen-bond donors (Lipinski definition) is 0. The highest BCUT2D eigenvalue weighted by Crippen LogP contribution is 2.37. The number of pyridine rings is 1. The van der Waals surface area contributed by atoms with E-state index < -0.39 is 0 Å². The molecule has 0 saturated heterocycles. The summed E-state index contributed by atoms with van der Waals surface area (Å²) in [4.78, 5) is 4.62. The lowest BCUT2D eigenvalue weighted by molar-refractivity contribution is 1.35. The van der Waals surface area contributed by atoms with Gasteiger partial charge in [-0.25, -0.2) is 0 Å². The summed E-state index contributed by atoms with van der Waals surface area (Å²) in [6.07, 6.45) is 1.92. The Kier molecular flexibility index (Phi) is 1.68. The van der Waals surface area contributed by atoms with Gasteiger partial charge in [-0.1, -0.05) is 30.3 Å². The van der Waals surface area contributed by atoms with Crippen LogP contribution in [-0.2, 0) is 0 Å². The van der Waals surface area contributed by atoms with Crippen molar-refractivity contribution in [3.05, 3.63) is 60.3 Å². The maximum Gasteiger partial charge on any atom is 0.0969 e. The molecule has 0 spiro atoms. The first-order valence-electron chi connectivity index (χ1n) is 6.84. The molecule has 2 nitrogen and oxygen atoms in total. The number of rotatable bonds is 0. The molecule has 2 aromatic carbocycles. The van der Waals surface area contributed by atoms with Crippen molar-refractivity contribution in [3.63, 3.8) is 0 Å². The average Bonchev–Trinajstić information content (AvgIpc) is 2.98. The SMILES string of the molecule is Cc1ccc2c3nccc4c5ccccc5n(c2c1)c43. The number of para-hydroxylation sites is 1. The monoisotopic (exact) mass is 256 g/mol. The molecule has 20 heavy (non-hydrogen) atoms. The summed E-state index contributed by atoms with van der Waals surface area (Å²) in [6.45, 7) is 2.14. The van der Waals surface area contributed by atoms with Crippen LogP contribution in [0.25, 0.3) is 38.2 Å². The zero-order valence-electron chi connectivity index (χ0n) is 11.1. The Hall–Kier alpha value is -2.61. The maximum atomic E-state index is 4.62. The third-order valence-electron chi connectivity index (χ3n) is 4.23. The first-order chi connectivity index (χ1) is 9.84. The second-order valence-electron chi connectivity index (χ2n) is 5.43. The summed E-state index contributed by atoms with van der Waals surface area (Å²) in [6, 6.07) is 17.3. The van der Waals surface area contributed by atoms with Gasteiger partial charge in [0, 0.05) is 22.4 Å². The van der Waals surface area contributed by atoms with Gasteiger partial charge in [0.25, 0.3) is 0 Å². The van der Waals surface area contributed by atoms with Crippen LogP contribution in [0.15, 0.2) is 54.7 Å². The molecule has 94 valence electrons. The predicted molar refractivity (Wildman–Crippen MR) is 83.6 cm³/mol. The highest BCUT2D eigenvalue weighted by Gasteiger charge is 2.17. The zero-order valence-corrected chi connectivity index (χ0v) is 11.1. The molecular weight excluding hydrogens is 244 g/mol. The van der Waals surface area contributed by atoms with E-state index in [0.717, 1.165) is 5.52 Å². The molecule has 0 aliphatic carbocycles. The Morgan fingerprint density at radius 1 is 0.850 bits per heavy atom. The molecule has 0 aliphatic heterocycles. The Morgan fingerprint density at radius 3 is 2.70 bits per heavy atom. The summed E-state index contributed by atoms with van der Waals surface area (Å²) in [5.41, 5.74) is 6.15. The van der Waals surface area contributed by atoms with Gasteiger partial charge in [0.05, 0.1) is 22.1 Å². The minimum Gasteiger partial charge on any atom is -0.306 e. The number of nitrogens with zero attached hydrogens (tertiary/aromatic N) is 2. The molecule has 3 heterocycles. The Bertz CT molecular complexity index is 1100. The minimum atomic E-state index is 1.11. The summed E-state index contributed by atoms with van der Waals surface area (Å²) in [7, 11) is 0. The van der Waals surface area contributed by atoms with Crippen molar-refractivity contribution in [2.45, 2.75) is 6.92 Å². The van der Waals surface area contributed by atoms with Crippen LogP contribution in [0.4, 0.5) is 0 Å². The number of fused-ring (bicyclic) bond motifs is 6. The van der Waals surface area contributed by atoms with Gasteiger partial charge in [-0.15, -0.1) is 0 Å². The fourth-order valence-electron chi connectivity index (χ4n) is 3.39. The van der Waals surface area contributed by atoms with E-state index in [2.05, 4.69) is 64.8 Å². The third-order valence-corrected chi connectivity index (χ3v) is 4.23. The molecule has 0 atom stereocenters. The fraction of sp³-hybridized carbons (Fsp3) is 0.0556. The number of aryl methyl sites for hydroxylation is 1. The molecule has 0 saturated carbocycles. The number of benzene rings is 2. The molecule has 0 amide bonds. The molecule has 3 aromatic heterocycles. The van der Waals surface area contributed by atoms with Crippen molar-refractivity contribution in [2.24, 2.45) is 0 Å². The van der Waals surface area contributed by atoms with Crippen LogP contribution in [-0.4, -0.2) is 9.38 Å². The second-order valence-corrected chi connectivity index (χ2v) is 5.43. The van der Waals surface area contributed by atoms with E-state index >= 15 is 0 Å². The molecule has 0 aliphatic rings. The van der Waals surface area contributed by atoms with E-state index in [9.17, 15) is 0 Å². The van der Waals surface area contributed by atoms with Gasteiger partial charge in [-0.05, 0) is 30.7 Å². The molecule has 0 fully saturated rings. The largest absolute Gasteiger partial charge is 0.306 e. The van der Waals surface area contributed by atoms with E-state index in [0.29, 0.717) is 0 Å². The van der Waals surface area contributed by atoms with Gasteiger partial charge < -0.3 is 4.40 Å². The lowest BCUT2D eigenvalue weighted by Crippen LogP contribution is -1.80. The van der Waals surface area contributed by atoms with E-state index in [-0.39, 0.29) is 0 Å². The Morgan fingerprint density at radius 2 is 1.75 bits per heavy atom. The maximum absolute atomic E-state index is 4.62. The van der Waals surface area contributed by atoms with E-state index in [1.807, 2.05) is 6.20 Å². The molecule has 5 aromatic rings. The topological polar surface area (TPSA) is 17.3 Å². The van der Waals surface area contributed by atoms with Crippen LogP contribution in [0.3, 0.4) is 0 Å². The number of hydrogen-bond acceptors (Lipinski definition) is 1. The third kappa shape index (κ3) is 1.04. The van der Waals surface area contributed by atoms with Gasteiger partial charge in [-0.2, -0.15) is 0 Å². The summed E-state index contributed by atoms with van der Waals surface area (Å²) in [5, 5.41) is 3.83. The van der Waals surface area contributed by atoms with Gasteiger partial charge >= 0.3 is 0 Å².